The number of hydrogen-bond donors (Lipinski definition) is 4. The van der Waals surface area contributed by atoms with Crippen LogP contribution < -0.4 is 10.6 Å². The van der Waals surface area contributed by atoms with Crippen LogP contribution in [-0.2, 0) is 19.1 Å². The fourth-order valence-electron chi connectivity index (χ4n) is 8.76. The predicted octanol–water partition coefficient (Wildman–Crippen LogP) is 8.34. The number of benzene rings is 4. The van der Waals surface area contributed by atoms with Crippen molar-refractivity contribution in [2.24, 2.45) is 11.8 Å². The first-order valence-corrected chi connectivity index (χ1v) is 21.1. The van der Waals surface area contributed by atoms with Gasteiger partial charge in [0.25, 0.3) is 5.91 Å². The number of nitrogens with one attached hydrogen (secondary N) is 4. The number of hydrogen-bond acceptors (Lipinski definition) is 8. The van der Waals surface area contributed by atoms with E-state index in [0.717, 1.165) is 69.5 Å². The summed E-state index contributed by atoms with van der Waals surface area (Å²) < 4.78 is 9.63. The van der Waals surface area contributed by atoms with Crippen molar-refractivity contribution in [1.82, 2.24) is 40.4 Å². The molecule has 4 heterocycles. The van der Waals surface area contributed by atoms with Gasteiger partial charge in [-0.15, -0.1) is 0 Å². The molecule has 14 nitrogen and oxygen atoms in total. The number of H-pyrrole nitrogens is 2. The van der Waals surface area contributed by atoms with Crippen LogP contribution in [0, 0.1) is 11.8 Å². The molecule has 2 saturated heterocycles. The maximum atomic E-state index is 14.1. The molecule has 2 fully saturated rings. The molecule has 0 saturated carbocycles. The first-order valence-electron chi connectivity index (χ1n) is 21.1. The van der Waals surface area contributed by atoms with Crippen LogP contribution in [0.4, 0.5) is 9.59 Å². The minimum absolute atomic E-state index is 0.109. The number of fused-ring (bicyclic) bond motifs is 1. The molecule has 0 aliphatic carbocycles. The molecule has 5 atom stereocenters. The lowest BCUT2D eigenvalue weighted by atomic mass is 9.98. The molecule has 4 N–H and O–H groups in total. The standard InChI is InChI=1S/C48H52N8O6/c1-28(2)41(53-47(59)61-4)45(57)55-21-9-12-39(55)43-49-26-38(52-43)36-20-19-34-23-33(17-18-35(34)24-36)30-13-15-31(16-14-30)37-25-50-44(51-37)40-22-29(3)27-56(40)46(58)42(54-48(60)62-5)32-10-7-6-8-11-32/h6-8,10-11,13-20,23-26,28-29,39-42H,9,12,21-22,27H2,1-5H3,(H,49,52)(H,50,51)(H,53,59)(H,54,60)/t29-,39+,40+,41+,42-/m1/s1. The van der Waals surface area contributed by atoms with E-state index in [1.807, 2.05) is 66.4 Å². The molecule has 6 aromatic rings. The Hall–Kier alpha value is -6.96. The number of amides is 4. The van der Waals surface area contributed by atoms with E-state index in [2.05, 4.69) is 88.2 Å². The quantitative estimate of drug-likeness (QED) is 0.101. The van der Waals surface area contributed by atoms with Gasteiger partial charge >= 0.3 is 12.2 Å². The first kappa shape index (κ1) is 41.8. The van der Waals surface area contributed by atoms with Crippen molar-refractivity contribution in [2.75, 3.05) is 27.3 Å². The highest BCUT2D eigenvalue weighted by Crippen LogP contribution is 2.38. The molecule has 0 unspecified atom stereocenters. The lowest BCUT2D eigenvalue weighted by Gasteiger charge is -2.30. The monoisotopic (exact) mass is 836 g/mol. The molecule has 0 radical (unpaired) electrons. The van der Waals surface area contributed by atoms with Crippen molar-refractivity contribution in [2.45, 2.75) is 64.2 Å². The Balaban J connectivity index is 0.950. The summed E-state index contributed by atoms with van der Waals surface area (Å²) in [5.41, 5.74) is 6.51. The molecule has 8 rings (SSSR count). The summed E-state index contributed by atoms with van der Waals surface area (Å²) >= 11 is 0. The third-order valence-electron chi connectivity index (χ3n) is 12.1. The van der Waals surface area contributed by atoms with Gasteiger partial charge in [0.05, 0.1) is 50.1 Å². The third-order valence-corrected chi connectivity index (χ3v) is 12.1. The molecule has 14 heteroatoms. The zero-order valence-electron chi connectivity index (χ0n) is 35.6. The number of rotatable bonds is 11. The molecule has 4 aromatic carbocycles. The van der Waals surface area contributed by atoms with E-state index in [0.29, 0.717) is 24.5 Å². The molecule has 0 bridgehead atoms. The van der Waals surface area contributed by atoms with Crippen molar-refractivity contribution in [1.29, 1.82) is 0 Å². The summed E-state index contributed by atoms with van der Waals surface area (Å²) in [5, 5.41) is 7.62. The summed E-state index contributed by atoms with van der Waals surface area (Å²) in [5.74, 6) is 1.21. The van der Waals surface area contributed by atoms with Crippen molar-refractivity contribution in [3.8, 4) is 33.6 Å². The van der Waals surface area contributed by atoms with E-state index in [-0.39, 0.29) is 35.7 Å². The Morgan fingerprint density at radius 3 is 1.94 bits per heavy atom. The van der Waals surface area contributed by atoms with Crippen LogP contribution in [0.3, 0.4) is 0 Å². The van der Waals surface area contributed by atoms with Gasteiger partial charge in [0.1, 0.15) is 23.7 Å². The lowest BCUT2D eigenvalue weighted by Crippen LogP contribution is -2.51. The average Bonchev–Trinajstić information content (AvgIpc) is 4.14. The number of aromatic nitrogens is 4. The second kappa shape index (κ2) is 17.9. The van der Waals surface area contributed by atoms with E-state index >= 15 is 0 Å². The number of carbonyl (C=O) groups excluding carboxylic acids is 4. The van der Waals surface area contributed by atoms with Crippen LogP contribution in [0.2, 0.25) is 0 Å². The van der Waals surface area contributed by atoms with Crippen LogP contribution in [0.1, 0.15) is 75.4 Å². The zero-order chi connectivity index (χ0) is 43.5. The van der Waals surface area contributed by atoms with E-state index in [1.165, 1.54) is 14.2 Å². The van der Waals surface area contributed by atoms with Gasteiger partial charge in [0.15, 0.2) is 0 Å². The van der Waals surface area contributed by atoms with Crippen LogP contribution in [0.5, 0.6) is 0 Å². The molecule has 62 heavy (non-hydrogen) atoms. The fraction of sp³-hybridized carbons (Fsp3) is 0.333. The largest absolute Gasteiger partial charge is 0.453 e. The van der Waals surface area contributed by atoms with Gasteiger partial charge in [-0.1, -0.05) is 99.6 Å². The molecule has 2 aliphatic heterocycles. The van der Waals surface area contributed by atoms with Crippen molar-refractivity contribution >= 4 is 34.8 Å². The highest BCUT2D eigenvalue weighted by Gasteiger charge is 2.40. The smallest absolute Gasteiger partial charge is 0.407 e. The second-order valence-corrected chi connectivity index (χ2v) is 16.6. The summed E-state index contributed by atoms with van der Waals surface area (Å²) in [7, 11) is 2.58. The third kappa shape index (κ3) is 8.63. The minimum Gasteiger partial charge on any atom is -0.453 e. The Kier molecular flexibility index (Phi) is 12.1. The number of nitrogens with zero attached hydrogens (tertiary/aromatic N) is 4. The van der Waals surface area contributed by atoms with Gasteiger partial charge in [-0.3, -0.25) is 9.59 Å². The van der Waals surface area contributed by atoms with Crippen molar-refractivity contribution in [3.63, 3.8) is 0 Å². The molecule has 2 aliphatic rings. The lowest BCUT2D eigenvalue weighted by molar-refractivity contribution is -0.136. The van der Waals surface area contributed by atoms with Gasteiger partial charge in [0.2, 0.25) is 5.91 Å². The summed E-state index contributed by atoms with van der Waals surface area (Å²) in [6.07, 6.45) is 4.70. The number of carbonyl (C=O) groups is 4. The Bertz CT molecular complexity index is 2570. The van der Waals surface area contributed by atoms with E-state index in [9.17, 15) is 19.2 Å². The number of likely N-dealkylation sites (tertiary alicyclic amines) is 2. The van der Waals surface area contributed by atoms with Crippen LogP contribution in [0.15, 0.2) is 103 Å². The summed E-state index contributed by atoms with van der Waals surface area (Å²) in [6, 6.07) is 28.2. The molecular weight excluding hydrogens is 785 g/mol. The highest BCUT2D eigenvalue weighted by atomic mass is 16.5. The number of imidazole rings is 2. The minimum atomic E-state index is -0.892. The Labute approximate surface area is 360 Å². The second-order valence-electron chi connectivity index (χ2n) is 16.6. The SMILES string of the molecule is COC(=O)N[C@H](C(=O)N1CCC[C@H]1c1ncc(-c2ccc3cc(-c4ccc(-c5cnc([C@@H]6C[C@@H](C)CN6C(=O)[C@H](NC(=O)OC)c6ccccc6)[nH]5)cc4)ccc3c2)[nH]1)C(C)C. The molecule has 320 valence electrons. The molecule has 0 spiro atoms. The molecule has 4 amide bonds. The van der Waals surface area contributed by atoms with Gasteiger partial charge in [-0.05, 0) is 76.3 Å². The van der Waals surface area contributed by atoms with Gasteiger partial charge < -0.3 is 39.9 Å². The number of ether oxygens (including phenoxy) is 2. The van der Waals surface area contributed by atoms with Crippen LogP contribution in [0.25, 0.3) is 44.4 Å². The average molecular weight is 837 g/mol. The van der Waals surface area contributed by atoms with Gasteiger partial charge in [0, 0.05) is 18.7 Å². The summed E-state index contributed by atoms with van der Waals surface area (Å²) in [6.45, 7) is 7.05. The van der Waals surface area contributed by atoms with E-state index in [1.54, 1.807) is 0 Å². The normalized spacial score (nSPS) is 18.5. The molecule has 2 aromatic heterocycles. The number of alkyl carbamates (subject to hydrolysis) is 2. The zero-order valence-corrected chi connectivity index (χ0v) is 35.6. The van der Waals surface area contributed by atoms with E-state index < -0.39 is 24.3 Å². The van der Waals surface area contributed by atoms with Gasteiger partial charge in [-0.2, -0.15) is 0 Å². The Morgan fingerprint density at radius 2 is 1.27 bits per heavy atom. The number of methoxy groups -OCH3 is 2. The van der Waals surface area contributed by atoms with Crippen molar-refractivity contribution in [3.05, 3.63) is 121 Å². The highest BCUT2D eigenvalue weighted by molar-refractivity contribution is 5.91. The topological polar surface area (TPSA) is 175 Å². The maximum absolute atomic E-state index is 14.1. The van der Waals surface area contributed by atoms with Crippen molar-refractivity contribution < 1.29 is 28.7 Å². The predicted molar refractivity (Wildman–Crippen MR) is 235 cm³/mol. The summed E-state index contributed by atoms with van der Waals surface area (Å²) in [4.78, 5) is 72.0. The van der Waals surface area contributed by atoms with Gasteiger partial charge in [-0.25, -0.2) is 19.6 Å². The first-order chi connectivity index (χ1) is 30.0. The molecular formula is C48H52N8O6. The van der Waals surface area contributed by atoms with Crippen LogP contribution >= 0.6 is 0 Å². The van der Waals surface area contributed by atoms with Crippen LogP contribution in [-0.4, -0.2) is 87.1 Å². The Morgan fingerprint density at radius 1 is 0.694 bits per heavy atom. The maximum Gasteiger partial charge on any atom is 0.407 e. The van der Waals surface area contributed by atoms with E-state index in [4.69, 9.17) is 19.4 Å². The number of aromatic amines is 2. The fourth-order valence-corrected chi connectivity index (χ4v) is 8.76.